The smallest absolute Gasteiger partial charge is 0.353 e. The molecule has 3 rings (SSSR count). The van der Waals surface area contributed by atoms with Crippen LogP contribution in [0.1, 0.15) is 24.8 Å². The van der Waals surface area contributed by atoms with E-state index in [1.165, 1.54) is 26.4 Å². The van der Waals surface area contributed by atoms with Gasteiger partial charge in [-0.1, -0.05) is 16.8 Å². The number of benzene rings is 1. The molecule has 0 N–H and O–H groups in total. The Morgan fingerprint density at radius 1 is 1.50 bits per heavy atom. The Hall–Kier alpha value is -1.82. The van der Waals surface area contributed by atoms with Gasteiger partial charge in [0, 0.05) is 12.0 Å². The second-order valence-corrected chi connectivity index (χ2v) is 5.77. The normalized spacial score (nSPS) is 26.2. The number of hydrogen-bond acceptors (Lipinski definition) is 5. The lowest BCUT2D eigenvalue weighted by atomic mass is 9.85. The predicted molar refractivity (Wildman–Crippen MR) is 77.7 cm³/mol. The number of fused-ring (bicyclic) bond motifs is 1. The van der Waals surface area contributed by atoms with Crippen LogP contribution in [0.4, 0.5) is 4.39 Å². The average Bonchev–Trinajstić information content (AvgIpc) is 3.07. The summed E-state index contributed by atoms with van der Waals surface area (Å²) in [4.78, 5) is 17.6. The summed E-state index contributed by atoms with van der Waals surface area (Å²) < 4.78 is 23.5. The van der Waals surface area contributed by atoms with Crippen LogP contribution in [0.2, 0.25) is 5.02 Å². The first-order chi connectivity index (χ1) is 10.5. The van der Waals surface area contributed by atoms with Gasteiger partial charge in [0.25, 0.3) is 0 Å². The number of nitrogens with zero attached hydrogens (tertiary/aromatic N) is 1. The molecule has 2 unspecified atom stereocenters. The van der Waals surface area contributed by atoms with Crippen molar-refractivity contribution in [3.63, 3.8) is 0 Å². The van der Waals surface area contributed by atoms with Crippen LogP contribution >= 0.6 is 11.6 Å². The van der Waals surface area contributed by atoms with Crippen LogP contribution in [0.25, 0.3) is 0 Å². The Balaban J connectivity index is 2.02. The van der Waals surface area contributed by atoms with Crippen LogP contribution in [-0.2, 0) is 14.4 Å². The monoisotopic (exact) mass is 327 g/mol. The maximum atomic E-state index is 13.7. The molecule has 0 amide bonds. The first-order valence-electron chi connectivity index (χ1n) is 6.91. The summed E-state index contributed by atoms with van der Waals surface area (Å²) in [6.45, 7) is 0. The van der Waals surface area contributed by atoms with Crippen molar-refractivity contribution in [2.24, 2.45) is 11.1 Å². The Bertz CT molecular complexity index is 663. The standard InChI is InChI=1S/C15H15ClFNO4/c1-20-12-6-8(10(16)7-11(12)17)13-9-4-3-5-15(9,22-18-13)14(19)21-2/h6-7,9H,3-5H2,1-2H3. The van der Waals surface area contributed by atoms with E-state index in [-0.39, 0.29) is 16.7 Å². The molecule has 1 heterocycles. The number of halogens is 2. The van der Waals surface area contributed by atoms with E-state index in [0.717, 1.165) is 12.8 Å². The Morgan fingerprint density at radius 3 is 2.95 bits per heavy atom. The van der Waals surface area contributed by atoms with Crippen molar-refractivity contribution in [3.05, 3.63) is 28.5 Å². The number of oxime groups is 1. The zero-order valence-electron chi connectivity index (χ0n) is 12.2. The van der Waals surface area contributed by atoms with Gasteiger partial charge >= 0.3 is 5.97 Å². The number of ether oxygens (including phenoxy) is 2. The van der Waals surface area contributed by atoms with Gasteiger partial charge in [-0.15, -0.1) is 0 Å². The highest BCUT2D eigenvalue weighted by Gasteiger charge is 2.59. The number of carbonyl (C=O) groups excluding carboxylic acids is 1. The van der Waals surface area contributed by atoms with E-state index in [9.17, 15) is 9.18 Å². The SMILES string of the molecule is COC(=O)C12CCCC1C(c1cc(OC)c(F)cc1Cl)=NO2. The fraction of sp³-hybridized carbons (Fsp3) is 0.467. The molecule has 1 aromatic carbocycles. The third kappa shape index (κ3) is 2.05. The van der Waals surface area contributed by atoms with Gasteiger partial charge in [-0.3, -0.25) is 0 Å². The number of methoxy groups -OCH3 is 2. The van der Waals surface area contributed by atoms with Gasteiger partial charge in [0.05, 0.1) is 30.9 Å². The van der Waals surface area contributed by atoms with Gasteiger partial charge in [-0.05, 0) is 25.0 Å². The fourth-order valence-corrected chi connectivity index (χ4v) is 3.46. The second-order valence-electron chi connectivity index (χ2n) is 5.36. The van der Waals surface area contributed by atoms with E-state index in [4.69, 9.17) is 25.9 Å². The predicted octanol–water partition coefficient (Wildman–Crippen LogP) is 2.93. The largest absolute Gasteiger partial charge is 0.494 e. The molecular formula is C15H15ClFNO4. The van der Waals surface area contributed by atoms with Crippen LogP contribution in [0.15, 0.2) is 17.3 Å². The van der Waals surface area contributed by atoms with Crippen LogP contribution in [0.5, 0.6) is 5.75 Å². The van der Waals surface area contributed by atoms with Crippen LogP contribution in [0.3, 0.4) is 0 Å². The van der Waals surface area contributed by atoms with Crippen molar-refractivity contribution in [1.82, 2.24) is 0 Å². The molecule has 1 aliphatic heterocycles. The zero-order valence-corrected chi connectivity index (χ0v) is 12.9. The van der Waals surface area contributed by atoms with Gasteiger partial charge < -0.3 is 14.3 Å². The molecular weight excluding hydrogens is 313 g/mol. The molecule has 0 spiro atoms. The molecule has 1 saturated carbocycles. The van der Waals surface area contributed by atoms with Crippen molar-refractivity contribution in [3.8, 4) is 5.75 Å². The first kappa shape index (κ1) is 15.1. The average molecular weight is 328 g/mol. The molecule has 0 aromatic heterocycles. The van der Waals surface area contributed by atoms with E-state index in [2.05, 4.69) is 5.16 Å². The molecule has 1 aliphatic carbocycles. The maximum absolute atomic E-state index is 13.7. The molecule has 0 radical (unpaired) electrons. The first-order valence-corrected chi connectivity index (χ1v) is 7.29. The molecule has 1 aromatic rings. The van der Waals surface area contributed by atoms with Gasteiger partial charge in [0.2, 0.25) is 5.60 Å². The fourth-order valence-electron chi connectivity index (χ4n) is 3.21. The van der Waals surface area contributed by atoms with Crippen molar-refractivity contribution in [1.29, 1.82) is 0 Å². The molecule has 1 fully saturated rings. The Labute approximate surface area is 132 Å². The summed E-state index contributed by atoms with van der Waals surface area (Å²) in [5.74, 6) is -1.19. The summed E-state index contributed by atoms with van der Waals surface area (Å²) >= 11 is 6.14. The number of esters is 1. The summed E-state index contributed by atoms with van der Waals surface area (Å²) in [7, 11) is 2.69. The van der Waals surface area contributed by atoms with Gasteiger partial charge in [-0.25, -0.2) is 9.18 Å². The zero-order chi connectivity index (χ0) is 15.9. The highest BCUT2D eigenvalue weighted by atomic mass is 35.5. The summed E-state index contributed by atoms with van der Waals surface area (Å²) in [5.41, 5.74) is -0.0431. The number of rotatable bonds is 3. The van der Waals surface area contributed by atoms with Crippen LogP contribution < -0.4 is 4.74 Å². The highest BCUT2D eigenvalue weighted by molar-refractivity contribution is 6.34. The van der Waals surface area contributed by atoms with E-state index < -0.39 is 17.4 Å². The second kappa shape index (κ2) is 5.43. The number of carbonyl (C=O) groups is 1. The van der Waals surface area contributed by atoms with Gasteiger partial charge in [-0.2, -0.15) is 0 Å². The topological polar surface area (TPSA) is 57.1 Å². The summed E-state index contributed by atoms with van der Waals surface area (Å²) in [5, 5.41) is 4.25. The van der Waals surface area contributed by atoms with E-state index in [1.54, 1.807) is 0 Å². The minimum atomic E-state index is -1.09. The molecule has 0 saturated heterocycles. The molecule has 5 nitrogen and oxygen atoms in total. The van der Waals surface area contributed by atoms with E-state index >= 15 is 0 Å². The van der Waals surface area contributed by atoms with Crippen molar-refractivity contribution >= 4 is 23.3 Å². The maximum Gasteiger partial charge on any atom is 0.353 e. The molecule has 7 heteroatoms. The van der Waals surface area contributed by atoms with E-state index in [0.29, 0.717) is 17.7 Å². The minimum absolute atomic E-state index is 0.0654. The lowest BCUT2D eigenvalue weighted by Gasteiger charge is -2.23. The lowest BCUT2D eigenvalue weighted by Crippen LogP contribution is -2.43. The Morgan fingerprint density at radius 2 is 2.27 bits per heavy atom. The minimum Gasteiger partial charge on any atom is -0.494 e. The van der Waals surface area contributed by atoms with Gasteiger partial charge in [0.15, 0.2) is 11.6 Å². The van der Waals surface area contributed by atoms with Crippen molar-refractivity contribution < 1.29 is 23.5 Å². The van der Waals surface area contributed by atoms with Crippen LogP contribution in [-0.4, -0.2) is 31.5 Å². The Kier molecular flexibility index (Phi) is 3.72. The van der Waals surface area contributed by atoms with Gasteiger partial charge in [0.1, 0.15) is 0 Å². The summed E-state index contributed by atoms with van der Waals surface area (Å²) in [6, 6.07) is 2.65. The van der Waals surface area contributed by atoms with Crippen molar-refractivity contribution in [2.75, 3.05) is 14.2 Å². The highest BCUT2D eigenvalue weighted by Crippen LogP contribution is 2.47. The molecule has 2 aliphatic rings. The molecule has 0 bridgehead atoms. The molecule has 2 atom stereocenters. The van der Waals surface area contributed by atoms with Crippen LogP contribution in [0, 0.1) is 11.7 Å². The lowest BCUT2D eigenvalue weighted by molar-refractivity contribution is -0.168. The third-order valence-corrected chi connectivity index (χ3v) is 4.60. The third-order valence-electron chi connectivity index (χ3n) is 4.29. The molecule has 22 heavy (non-hydrogen) atoms. The number of hydrogen-bond donors (Lipinski definition) is 0. The molecule has 118 valence electrons. The quantitative estimate of drug-likeness (QED) is 0.801. The van der Waals surface area contributed by atoms with Crippen molar-refractivity contribution in [2.45, 2.75) is 24.9 Å². The van der Waals surface area contributed by atoms with E-state index in [1.807, 2.05) is 0 Å². The summed E-state index contributed by atoms with van der Waals surface area (Å²) in [6.07, 6.45) is 2.08.